The van der Waals surface area contributed by atoms with Crippen LogP contribution in [0.2, 0.25) is 0 Å². The lowest BCUT2D eigenvalue weighted by atomic mass is 9.92. The number of fused-ring (bicyclic) bond motifs is 12. The summed E-state index contributed by atoms with van der Waals surface area (Å²) in [6.45, 7) is 0. The zero-order valence-electron chi connectivity index (χ0n) is 26.7. The Bertz CT molecular complexity index is 3140. The molecule has 5 nitrogen and oxygen atoms in total. The first-order chi connectivity index (χ1) is 24.8. The van der Waals surface area contributed by atoms with E-state index in [-0.39, 0.29) is 0 Å². The minimum absolute atomic E-state index is 0.647. The molecule has 3 heterocycles. The molecule has 0 aliphatic rings. The monoisotopic (exact) mass is 638 g/mol. The second-order valence-corrected chi connectivity index (χ2v) is 12.9. The standard InChI is InChI=1S/C45H26N4O/c1-2-14-33-31(12-1)32-13-3-4-15-34(32)38-25-28(20-22-35(33)38)27-10-9-11-30(24-27)44-47-45-43(46-39-17-6-7-18-40(39)49(45)48-44)29-21-23-37-36-16-5-8-19-41(36)50-42(37)26-29/h1-26H. The van der Waals surface area contributed by atoms with Crippen LogP contribution in [0.25, 0.3) is 105 Å². The molecule has 3 aromatic heterocycles. The van der Waals surface area contributed by atoms with Crippen molar-refractivity contribution in [3.63, 3.8) is 0 Å². The summed E-state index contributed by atoms with van der Waals surface area (Å²) < 4.78 is 8.17. The maximum atomic E-state index is 6.24. The molecular weight excluding hydrogens is 613 g/mol. The number of hydrogen-bond donors (Lipinski definition) is 0. The molecule has 11 rings (SSSR count). The molecule has 11 aromatic rings. The first kappa shape index (κ1) is 27.1. The van der Waals surface area contributed by atoms with E-state index >= 15 is 0 Å². The third-order valence-corrected chi connectivity index (χ3v) is 10.0. The molecule has 0 amide bonds. The van der Waals surface area contributed by atoms with Crippen LogP contribution >= 0.6 is 0 Å². The maximum Gasteiger partial charge on any atom is 0.182 e. The summed E-state index contributed by atoms with van der Waals surface area (Å²) in [4.78, 5) is 10.3. The molecule has 0 bridgehead atoms. The van der Waals surface area contributed by atoms with Gasteiger partial charge < -0.3 is 4.42 Å². The van der Waals surface area contributed by atoms with Gasteiger partial charge in [0.05, 0.1) is 11.0 Å². The van der Waals surface area contributed by atoms with E-state index < -0.39 is 0 Å². The van der Waals surface area contributed by atoms with Crippen LogP contribution in [-0.4, -0.2) is 19.6 Å². The molecule has 0 aliphatic heterocycles. The third-order valence-electron chi connectivity index (χ3n) is 10.0. The molecule has 5 heteroatoms. The van der Waals surface area contributed by atoms with Crippen molar-refractivity contribution in [2.45, 2.75) is 0 Å². The van der Waals surface area contributed by atoms with Crippen LogP contribution in [0, 0.1) is 0 Å². The predicted octanol–water partition coefficient (Wildman–Crippen LogP) is 11.6. The first-order valence-corrected chi connectivity index (χ1v) is 16.8. The zero-order chi connectivity index (χ0) is 32.8. The largest absolute Gasteiger partial charge is 0.456 e. The predicted molar refractivity (Wildman–Crippen MR) is 204 cm³/mol. The van der Waals surface area contributed by atoms with Crippen LogP contribution in [0.15, 0.2) is 162 Å². The summed E-state index contributed by atoms with van der Waals surface area (Å²) in [6, 6.07) is 55.2. The molecule has 0 radical (unpaired) electrons. The molecule has 0 N–H and O–H groups in total. The fraction of sp³-hybridized carbons (Fsp3) is 0. The highest BCUT2D eigenvalue weighted by Gasteiger charge is 2.18. The highest BCUT2D eigenvalue weighted by molar-refractivity contribution is 6.25. The highest BCUT2D eigenvalue weighted by Crippen LogP contribution is 2.38. The molecule has 0 unspecified atom stereocenters. The average Bonchev–Trinajstić information content (AvgIpc) is 3.80. The lowest BCUT2D eigenvalue weighted by Gasteiger charge is -2.12. The molecule has 0 saturated carbocycles. The van der Waals surface area contributed by atoms with Gasteiger partial charge in [0.1, 0.15) is 16.9 Å². The van der Waals surface area contributed by atoms with Crippen LogP contribution in [0.4, 0.5) is 0 Å². The van der Waals surface area contributed by atoms with Gasteiger partial charge in [-0.05, 0) is 85.9 Å². The van der Waals surface area contributed by atoms with Crippen LogP contribution in [0.1, 0.15) is 0 Å². The van der Waals surface area contributed by atoms with Crippen molar-refractivity contribution in [3.8, 4) is 33.8 Å². The van der Waals surface area contributed by atoms with Crippen molar-refractivity contribution in [2.75, 3.05) is 0 Å². The van der Waals surface area contributed by atoms with Crippen molar-refractivity contribution < 1.29 is 4.42 Å². The number of rotatable bonds is 3. The Morgan fingerprint density at radius 3 is 1.82 bits per heavy atom. The van der Waals surface area contributed by atoms with Crippen LogP contribution in [0.3, 0.4) is 0 Å². The molecule has 0 saturated heterocycles. The number of benzene rings is 8. The molecule has 0 spiro atoms. The number of para-hydroxylation sites is 3. The second kappa shape index (κ2) is 10.3. The van der Waals surface area contributed by atoms with Gasteiger partial charge in [0, 0.05) is 21.9 Å². The smallest absolute Gasteiger partial charge is 0.182 e. The second-order valence-electron chi connectivity index (χ2n) is 12.9. The van der Waals surface area contributed by atoms with Crippen LogP contribution in [0.5, 0.6) is 0 Å². The number of aromatic nitrogens is 4. The van der Waals surface area contributed by atoms with Gasteiger partial charge in [-0.15, -0.1) is 5.10 Å². The minimum atomic E-state index is 0.647. The van der Waals surface area contributed by atoms with Crippen LogP contribution < -0.4 is 0 Å². The van der Waals surface area contributed by atoms with Crippen molar-refractivity contribution in [2.24, 2.45) is 0 Å². The summed E-state index contributed by atoms with van der Waals surface area (Å²) in [5.74, 6) is 0.647. The highest BCUT2D eigenvalue weighted by atomic mass is 16.3. The normalized spacial score (nSPS) is 12.0. The van der Waals surface area contributed by atoms with E-state index in [1.54, 1.807) is 0 Å². The summed E-state index contributed by atoms with van der Waals surface area (Å²) in [6.07, 6.45) is 0. The topological polar surface area (TPSA) is 56.2 Å². The number of hydrogen-bond acceptors (Lipinski definition) is 4. The SMILES string of the molecule is c1cc(-c2ccc3c4ccccc4c4ccccc4c3c2)cc(-c2nc3c(-c4ccc5c(c4)oc4ccccc45)nc4ccccc4n3n2)c1. The lowest BCUT2D eigenvalue weighted by Crippen LogP contribution is -1.97. The maximum absolute atomic E-state index is 6.24. The van der Waals surface area contributed by atoms with Gasteiger partial charge in [0.15, 0.2) is 11.5 Å². The van der Waals surface area contributed by atoms with Gasteiger partial charge in [0.25, 0.3) is 0 Å². The van der Waals surface area contributed by atoms with E-state index in [0.29, 0.717) is 11.5 Å². The Morgan fingerprint density at radius 1 is 0.400 bits per heavy atom. The Balaban J connectivity index is 1.08. The van der Waals surface area contributed by atoms with Gasteiger partial charge >= 0.3 is 0 Å². The van der Waals surface area contributed by atoms with Gasteiger partial charge in [-0.3, -0.25) is 0 Å². The molecule has 0 aliphatic carbocycles. The number of furan rings is 1. The zero-order valence-corrected chi connectivity index (χ0v) is 26.7. The van der Waals surface area contributed by atoms with Crippen molar-refractivity contribution in [1.29, 1.82) is 0 Å². The molecule has 0 atom stereocenters. The third kappa shape index (κ3) is 3.98. The summed E-state index contributed by atoms with van der Waals surface area (Å²) in [7, 11) is 0. The Kier molecular flexibility index (Phi) is 5.60. The molecule has 0 fully saturated rings. The Labute approximate surface area is 285 Å². The van der Waals surface area contributed by atoms with Crippen molar-refractivity contribution >= 4 is 70.9 Å². The Morgan fingerprint density at radius 2 is 1.00 bits per heavy atom. The van der Waals surface area contributed by atoms with Gasteiger partial charge in [0.2, 0.25) is 0 Å². The first-order valence-electron chi connectivity index (χ1n) is 16.8. The van der Waals surface area contributed by atoms with E-state index in [1.165, 1.54) is 32.3 Å². The fourth-order valence-electron chi connectivity index (χ4n) is 7.66. The van der Waals surface area contributed by atoms with E-state index in [4.69, 9.17) is 19.5 Å². The fourth-order valence-corrected chi connectivity index (χ4v) is 7.66. The number of nitrogens with zero attached hydrogens (tertiary/aromatic N) is 4. The minimum Gasteiger partial charge on any atom is -0.456 e. The molecular formula is C45H26N4O. The molecule has 232 valence electrons. The van der Waals surface area contributed by atoms with Crippen molar-refractivity contribution in [1.82, 2.24) is 19.6 Å². The van der Waals surface area contributed by atoms with Gasteiger partial charge in [-0.2, -0.15) is 0 Å². The summed E-state index contributed by atoms with van der Waals surface area (Å²) in [5, 5.41) is 14.9. The van der Waals surface area contributed by atoms with Gasteiger partial charge in [-0.1, -0.05) is 115 Å². The summed E-state index contributed by atoms with van der Waals surface area (Å²) in [5.41, 5.74) is 9.02. The average molecular weight is 639 g/mol. The van der Waals surface area contributed by atoms with Gasteiger partial charge in [-0.25, -0.2) is 14.5 Å². The van der Waals surface area contributed by atoms with E-state index in [9.17, 15) is 0 Å². The van der Waals surface area contributed by atoms with E-state index in [2.05, 4.69) is 115 Å². The Hall–Kier alpha value is -6.85. The van der Waals surface area contributed by atoms with E-state index in [0.717, 1.165) is 60.9 Å². The van der Waals surface area contributed by atoms with Crippen LogP contribution in [-0.2, 0) is 0 Å². The summed E-state index contributed by atoms with van der Waals surface area (Å²) >= 11 is 0. The van der Waals surface area contributed by atoms with E-state index in [1.807, 2.05) is 47.0 Å². The molecule has 50 heavy (non-hydrogen) atoms. The van der Waals surface area contributed by atoms with Crippen molar-refractivity contribution in [3.05, 3.63) is 158 Å². The molecule has 8 aromatic carbocycles. The quantitative estimate of drug-likeness (QED) is 0.181. The lowest BCUT2D eigenvalue weighted by molar-refractivity contribution is 0.669.